The number of nitro benzene ring substituents is 1. The number of halogens is 1. The van der Waals surface area contributed by atoms with Crippen LogP contribution in [-0.4, -0.2) is 35.4 Å². The topological polar surface area (TPSA) is 84.7 Å². The molecule has 7 nitrogen and oxygen atoms in total. The molecule has 1 unspecified atom stereocenters. The second kappa shape index (κ2) is 7.38. The van der Waals surface area contributed by atoms with Gasteiger partial charge in [0.2, 0.25) is 5.91 Å². The van der Waals surface area contributed by atoms with Crippen molar-refractivity contribution in [1.82, 2.24) is 4.90 Å². The number of para-hydroxylation sites is 1. The van der Waals surface area contributed by atoms with Gasteiger partial charge in [0, 0.05) is 13.1 Å². The molecule has 0 radical (unpaired) electrons. The third kappa shape index (κ3) is 3.58. The van der Waals surface area contributed by atoms with E-state index >= 15 is 0 Å². The fourth-order valence-electron chi connectivity index (χ4n) is 3.02. The Labute approximate surface area is 149 Å². The highest BCUT2D eigenvalue weighted by Gasteiger charge is 2.33. The number of likely N-dealkylation sites (tertiary alicyclic amines) is 1. The summed E-state index contributed by atoms with van der Waals surface area (Å²) in [5, 5.41) is 14.3. The van der Waals surface area contributed by atoms with Gasteiger partial charge in [-0.05, 0) is 36.2 Å². The van der Waals surface area contributed by atoms with E-state index < -0.39 is 11.0 Å². The third-order valence-corrected chi connectivity index (χ3v) is 4.32. The quantitative estimate of drug-likeness (QED) is 0.633. The van der Waals surface area contributed by atoms with Crippen LogP contribution < -0.4 is 10.1 Å². The first kappa shape index (κ1) is 17.7. The first-order valence-electron chi connectivity index (χ1n) is 8.10. The molecule has 1 aliphatic heterocycles. The molecule has 26 heavy (non-hydrogen) atoms. The normalized spacial score (nSPS) is 16.6. The molecule has 1 saturated heterocycles. The summed E-state index contributed by atoms with van der Waals surface area (Å²) in [5.41, 5.74) is 0.879. The fraction of sp³-hybridized carbons (Fsp3) is 0.278. The highest BCUT2D eigenvalue weighted by atomic mass is 19.1. The molecular formula is C18H18FN3O4. The summed E-state index contributed by atoms with van der Waals surface area (Å²) < 4.78 is 18.0. The van der Waals surface area contributed by atoms with E-state index in [0.29, 0.717) is 19.5 Å². The number of rotatable bonds is 6. The summed E-state index contributed by atoms with van der Waals surface area (Å²) in [7, 11) is 1.36. The van der Waals surface area contributed by atoms with Crippen LogP contribution in [0.5, 0.6) is 5.75 Å². The molecule has 1 atom stereocenters. The molecule has 136 valence electrons. The molecule has 1 N–H and O–H groups in total. The molecule has 1 fully saturated rings. The van der Waals surface area contributed by atoms with E-state index in [2.05, 4.69) is 5.32 Å². The molecule has 1 amide bonds. The summed E-state index contributed by atoms with van der Waals surface area (Å²) >= 11 is 0. The van der Waals surface area contributed by atoms with Crippen molar-refractivity contribution in [3.63, 3.8) is 0 Å². The molecule has 0 aliphatic carbocycles. The van der Waals surface area contributed by atoms with Crippen LogP contribution >= 0.6 is 0 Å². The number of carbonyl (C=O) groups excluding carboxylic acids is 1. The molecule has 0 aromatic heterocycles. The van der Waals surface area contributed by atoms with Crippen molar-refractivity contribution in [3.05, 3.63) is 64.0 Å². The smallest absolute Gasteiger partial charge is 0.333 e. The SMILES string of the molecule is COc1cccc(NC2CCN(Cc3ccc(F)cc3)C2=O)c1[N+](=O)[O-]. The number of hydrogen-bond donors (Lipinski definition) is 1. The van der Waals surface area contributed by atoms with E-state index in [1.165, 1.54) is 25.3 Å². The number of nitrogens with one attached hydrogen (secondary N) is 1. The van der Waals surface area contributed by atoms with Crippen LogP contribution in [-0.2, 0) is 11.3 Å². The summed E-state index contributed by atoms with van der Waals surface area (Å²) in [4.78, 5) is 25.1. The van der Waals surface area contributed by atoms with Crippen LogP contribution in [0.1, 0.15) is 12.0 Å². The monoisotopic (exact) mass is 359 g/mol. The Hall–Kier alpha value is -3.16. The number of amides is 1. The van der Waals surface area contributed by atoms with Crippen molar-refractivity contribution in [1.29, 1.82) is 0 Å². The zero-order chi connectivity index (χ0) is 18.7. The Morgan fingerprint density at radius 2 is 2.04 bits per heavy atom. The van der Waals surface area contributed by atoms with Gasteiger partial charge in [0.05, 0.1) is 12.0 Å². The van der Waals surface area contributed by atoms with E-state index in [1.54, 1.807) is 29.2 Å². The van der Waals surface area contributed by atoms with Gasteiger partial charge >= 0.3 is 5.69 Å². The van der Waals surface area contributed by atoms with Crippen LogP contribution in [0.3, 0.4) is 0 Å². The maximum absolute atomic E-state index is 13.0. The maximum Gasteiger partial charge on any atom is 0.333 e. The number of anilines is 1. The fourth-order valence-corrected chi connectivity index (χ4v) is 3.02. The van der Waals surface area contributed by atoms with Gasteiger partial charge in [-0.15, -0.1) is 0 Å². The molecule has 3 rings (SSSR count). The Morgan fingerprint density at radius 1 is 1.31 bits per heavy atom. The molecule has 1 heterocycles. The van der Waals surface area contributed by atoms with Gasteiger partial charge in [-0.1, -0.05) is 18.2 Å². The number of benzene rings is 2. The van der Waals surface area contributed by atoms with Gasteiger partial charge < -0.3 is 15.0 Å². The molecule has 0 bridgehead atoms. The Bertz CT molecular complexity index is 826. The van der Waals surface area contributed by atoms with Gasteiger partial charge in [-0.25, -0.2) is 4.39 Å². The number of carbonyl (C=O) groups is 1. The Morgan fingerprint density at radius 3 is 2.69 bits per heavy atom. The predicted molar refractivity (Wildman–Crippen MR) is 93.5 cm³/mol. The zero-order valence-corrected chi connectivity index (χ0v) is 14.1. The second-order valence-corrected chi connectivity index (χ2v) is 5.99. The first-order chi connectivity index (χ1) is 12.5. The van der Waals surface area contributed by atoms with Crippen LogP contribution in [0, 0.1) is 15.9 Å². The van der Waals surface area contributed by atoms with Crippen molar-refractivity contribution in [2.75, 3.05) is 19.0 Å². The lowest BCUT2D eigenvalue weighted by Gasteiger charge is -2.18. The summed E-state index contributed by atoms with van der Waals surface area (Å²) in [6.45, 7) is 0.892. The van der Waals surface area contributed by atoms with Crippen molar-refractivity contribution in [2.24, 2.45) is 0 Å². The minimum Gasteiger partial charge on any atom is -0.490 e. The van der Waals surface area contributed by atoms with Gasteiger partial charge in [-0.2, -0.15) is 0 Å². The molecule has 0 saturated carbocycles. The number of ether oxygens (including phenoxy) is 1. The van der Waals surface area contributed by atoms with Crippen molar-refractivity contribution in [2.45, 2.75) is 19.0 Å². The highest BCUT2D eigenvalue weighted by Crippen LogP contribution is 2.35. The summed E-state index contributed by atoms with van der Waals surface area (Å²) in [6.07, 6.45) is 0.522. The predicted octanol–water partition coefficient (Wildman–Crippen LogP) is 2.96. The summed E-state index contributed by atoms with van der Waals surface area (Å²) in [6, 6.07) is 10.1. The van der Waals surface area contributed by atoms with Gasteiger partial charge in [0.25, 0.3) is 0 Å². The largest absolute Gasteiger partial charge is 0.490 e. The molecule has 2 aromatic carbocycles. The van der Waals surface area contributed by atoms with Gasteiger partial charge in [-0.3, -0.25) is 14.9 Å². The standard InChI is InChI=1S/C18H18FN3O4/c1-26-16-4-2-3-14(17(16)22(24)25)20-15-9-10-21(18(15)23)11-12-5-7-13(19)8-6-12/h2-8,15,20H,9-11H2,1H3. The number of nitro groups is 1. The lowest BCUT2D eigenvalue weighted by Crippen LogP contribution is -2.33. The summed E-state index contributed by atoms with van der Waals surface area (Å²) in [5.74, 6) is -0.341. The van der Waals surface area contributed by atoms with E-state index in [1.807, 2.05) is 0 Å². The van der Waals surface area contributed by atoms with Crippen LogP contribution in [0.15, 0.2) is 42.5 Å². The number of methoxy groups -OCH3 is 1. The molecule has 0 spiro atoms. The maximum atomic E-state index is 13.0. The van der Waals surface area contributed by atoms with Crippen molar-refractivity contribution < 1.29 is 18.8 Å². The molecule has 1 aliphatic rings. The van der Waals surface area contributed by atoms with Crippen LogP contribution in [0.4, 0.5) is 15.8 Å². The third-order valence-electron chi connectivity index (χ3n) is 4.32. The number of nitrogens with zero attached hydrogens (tertiary/aromatic N) is 2. The second-order valence-electron chi connectivity index (χ2n) is 5.99. The minimum absolute atomic E-state index is 0.133. The molecule has 8 heteroatoms. The zero-order valence-electron chi connectivity index (χ0n) is 14.1. The van der Waals surface area contributed by atoms with E-state index in [0.717, 1.165) is 5.56 Å². The van der Waals surface area contributed by atoms with E-state index in [4.69, 9.17) is 4.74 Å². The van der Waals surface area contributed by atoms with E-state index in [-0.39, 0.29) is 28.8 Å². The first-order valence-corrected chi connectivity index (χ1v) is 8.10. The van der Waals surface area contributed by atoms with Crippen molar-refractivity contribution in [3.8, 4) is 5.75 Å². The Balaban J connectivity index is 1.73. The highest BCUT2D eigenvalue weighted by molar-refractivity contribution is 5.88. The van der Waals surface area contributed by atoms with Crippen LogP contribution in [0.2, 0.25) is 0 Å². The van der Waals surface area contributed by atoms with Crippen molar-refractivity contribution >= 4 is 17.3 Å². The Kier molecular flexibility index (Phi) is 5.01. The van der Waals surface area contributed by atoms with E-state index in [9.17, 15) is 19.3 Å². The van der Waals surface area contributed by atoms with Gasteiger partial charge in [0.1, 0.15) is 17.5 Å². The number of hydrogen-bond acceptors (Lipinski definition) is 5. The average Bonchev–Trinajstić information content (AvgIpc) is 2.96. The average molecular weight is 359 g/mol. The van der Waals surface area contributed by atoms with Crippen LogP contribution in [0.25, 0.3) is 0 Å². The minimum atomic E-state index is -0.554. The lowest BCUT2D eigenvalue weighted by atomic mass is 10.2. The lowest BCUT2D eigenvalue weighted by molar-refractivity contribution is -0.384. The molecule has 2 aromatic rings. The van der Waals surface area contributed by atoms with Gasteiger partial charge in [0.15, 0.2) is 5.75 Å². The molecular weight excluding hydrogens is 341 g/mol.